The van der Waals surface area contributed by atoms with Crippen LogP contribution in [0.15, 0.2) is 18.2 Å². The Kier molecular flexibility index (Phi) is 5.94. The zero-order valence-corrected chi connectivity index (χ0v) is 16.0. The van der Waals surface area contributed by atoms with Crippen LogP contribution in [0.3, 0.4) is 0 Å². The Morgan fingerprint density at radius 1 is 1.00 bits per heavy atom. The van der Waals surface area contributed by atoms with Crippen molar-refractivity contribution in [1.29, 1.82) is 0 Å². The smallest absolute Gasteiger partial charge is 0.248 e. The number of ketones is 1. The Hall–Kier alpha value is -1.96. The van der Waals surface area contributed by atoms with Crippen LogP contribution >= 0.6 is 0 Å². The standard InChI is InChI=1S/C21H28N2O5/c22-21(25)15-1-2-16-12-23-18(13-3-7-26-8-4-13)20(28-17(16)11-15)19(24)14-5-9-27-10-6-14/h1-2,11,13-14,18,20,23H,3-10,12H2,(H2,22,25). The van der Waals surface area contributed by atoms with Crippen LogP contribution in [0.1, 0.15) is 41.6 Å². The van der Waals surface area contributed by atoms with Gasteiger partial charge in [-0.05, 0) is 43.7 Å². The lowest BCUT2D eigenvalue weighted by molar-refractivity contribution is -0.135. The van der Waals surface area contributed by atoms with Gasteiger partial charge in [0.1, 0.15) is 5.75 Å². The van der Waals surface area contributed by atoms with Crippen LogP contribution in [0.2, 0.25) is 0 Å². The summed E-state index contributed by atoms with van der Waals surface area (Å²) in [6, 6.07) is 5.14. The molecule has 3 heterocycles. The summed E-state index contributed by atoms with van der Waals surface area (Å²) in [7, 11) is 0. The highest BCUT2D eigenvalue weighted by molar-refractivity contribution is 5.93. The minimum absolute atomic E-state index is 0.0521. The summed E-state index contributed by atoms with van der Waals surface area (Å²) in [5, 5.41) is 3.58. The minimum Gasteiger partial charge on any atom is -0.481 e. The first-order valence-corrected chi connectivity index (χ1v) is 10.2. The normalized spacial score (nSPS) is 26.7. The molecule has 0 bridgehead atoms. The van der Waals surface area contributed by atoms with E-state index in [-0.39, 0.29) is 17.7 Å². The Balaban J connectivity index is 1.64. The number of hydrogen-bond acceptors (Lipinski definition) is 6. The molecule has 1 aromatic carbocycles. The summed E-state index contributed by atoms with van der Waals surface area (Å²) < 4.78 is 17.3. The second-order valence-electron chi connectivity index (χ2n) is 7.87. The van der Waals surface area contributed by atoms with Gasteiger partial charge in [-0.15, -0.1) is 0 Å². The number of carbonyl (C=O) groups excluding carboxylic acids is 2. The maximum absolute atomic E-state index is 13.4. The fourth-order valence-corrected chi connectivity index (χ4v) is 4.45. The maximum atomic E-state index is 13.4. The zero-order chi connectivity index (χ0) is 19.5. The van der Waals surface area contributed by atoms with Gasteiger partial charge < -0.3 is 25.3 Å². The van der Waals surface area contributed by atoms with E-state index in [1.54, 1.807) is 12.1 Å². The summed E-state index contributed by atoms with van der Waals surface area (Å²) in [6.45, 7) is 3.23. The van der Waals surface area contributed by atoms with Crippen LogP contribution in [-0.2, 0) is 20.8 Å². The lowest BCUT2D eigenvalue weighted by atomic mass is 9.82. The average Bonchev–Trinajstić information content (AvgIpc) is 2.93. The number of hydrogen-bond donors (Lipinski definition) is 2. The highest BCUT2D eigenvalue weighted by Gasteiger charge is 2.41. The Bertz CT molecular complexity index is 726. The van der Waals surface area contributed by atoms with Gasteiger partial charge in [0.15, 0.2) is 11.9 Å². The fraction of sp³-hybridized carbons (Fsp3) is 0.619. The lowest BCUT2D eigenvalue weighted by Gasteiger charge is -2.36. The molecule has 4 rings (SSSR count). The average molecular weight is 388 g/mol. The number of fused-ring (bicyclic) bond motifs is 1. The van der Waals surface area contributed by atoms with E-state index >= 15 is 0 Å². The molecule has 0 aliphatic carbocycles. The highest BCUT2D eigenvalue weighted by Crippen LogP contribution is 2.32. The highest BCUT2D eigenvalue weighted by atomic mass is 16.5. The van der Waals surface area contributed by atoms with Gasteiger partial charge in [-0.25, -0.2) is 0 Å². The molecule has 0 radical (unpaired) electrons. The molecule has 1 aromatic rings. The molecule has 7 heteroatoms. The maximum Gasteiger partial charge on any atom is 0.248 e. The number of amides is 1. The number of benzene rings is 1. The molecule has 2 fully saturated rings. The second-order valence-corrected chi connectivity index (χ2v) is 7.87. The summed E-state index contributed by atoms with van der Waals surface area (Å²) in [6.07, 6.45) is 2.68. The first kappa shape index (κ1) is 19.4. The third-order valence-electron chi connectivity index (χ3n) is 6.14. The predicted octanol–water partition coefficient (Wildman–Crippen LogP) is 1.43. The van der Waals surface area contributed by atoms with Gasteiger partial charge in [0.2, 0.25) is 5.91 Å². The van der Waals surface area contributed by atoms with E-state index in [4.69, 9.17) is 19.9 Å². The molecule has 152 valence electrons. The van der Waals surface area contributed by atoms with E-state index < -0.39 is 12.0 Å². The van der Waals surface area contributed by atoms with Crippen molar-refractivity contribution in [3.8, 4) is 5.75 Å². The SMILES string of the molecule is NC(=O)c1ccc2c(c1)OC(C(=O)C1CCOCC1)C(C1CCOCC1)NC2. The third-order valence-corrected chi connectivity index (χ3v) is 6.14. The Labute approximate surface area is 164 Å². The van der Waals surface area contributed by atoms with Crippen LogP contribution in [0.5, 0.6) is 5.75 Å². The van der Waals surface area contributed by atoms with Gasteiger partial charge >= 0.3 is 0 Å². The van der Waals surface area contributed by atoms with Crippen LogP contribution < -0.4 is 15.8 Å². The number of Topliss-reactive ketones (excluding diaryl/α,β-unsaturated/α-hetero) is 1. The molecular weight excluding hydrogens is 360 g/mol. The number of carbonyl (C=O) groups is 2. The molecule has 3 aliphatic heterocycles. The number of nitrogens with one attached hydrogen (secondary N) is 1. The van der Waals surface area contributed by atoms with Crippen LogP contribution in [0.4, 0.5) is 0 Å². The number of nitrogens with two attached hydrogens (primary N) is 1. The zero-order valence-electron chi connectivity index (χ0n) is 16.0. The van der Waals surface area contributed by atoms with Gasteiger partial charge in [0.25, 0.3) is 0 Å². The van der Waals surface area contributed by atoms with E-state index in [2.05, 4.69) is 5.32 Å². The van der Waals surface area contributed by atoms with E-state index in [9.17, 15) is 9.59 Å². The van der Waals surface area contributed by atoms with E-state index in [0.29, 0.717) is 50.2 Å². The monoisotopic (exact) mass is 388 g/mol. The van der Waals surface area contributed by atoms with Gasteiger partial charge in [0.05, 0.1) is 6.04 Å². The second kappa shape index (κ2) is 8.59. The molecule has 3 aliphatic rings. The van der Waals surface area contributed by atoms with Crippen LogP contribution in [0, 0.1) is 11.8 Å². The molecule has 7 nitrogen and oxygen atoms in total. The van der Waals surface area contributed by atoms with E-state index in [1.807, 2.05) is 6.07 Å². The molecule has 0 aromatic heterocycles. The first-order chi connectivity index (χ1) is 13.6. The summed E-state index contributed by atoms with van der Waals surface area (Å²) in [5.41, 5.74) is 6.76. The van der Waals surface area contributed by atoms with E-state index in [0.717, 1.165) is 31.2 Å². The molecular formula is C21H28N2O5. The molecule has 28 heavy (non-hydrogen) atoms. The van der Waals surface area contributed by atoms with Crippen molar-refractivity contribution < 1.29 is 23.8 Å². The molecule has 0 saturated carbocycles. The van der Waals surface area contributed by atoms with Gasteiger partial charge in [-0.2, -0.15) is 0 Å². The molecule has 2 saturated heterocycles. The predicted molar refractivity (Wildman–Crippen MR) is 102 cm³/mol. The topological polar surface area (TPSA) is 99.9 Å². The van der Waals surface area contributed by atoms with Crippen molar-refractivity contribution in [2.45, 2.75) is 44.4 Å². The van der Waals surface area contributed by atoms with Gasteiger partial charge in [0, 0.05) is 50.0 Å². The van der Waals surface area contributed by atoms with Crippen LogP contribution in [-0.4, -0.2) is 50.3 Å². The van der Waals surface area contributed by atoms with Crippen molar-refractivity contribution in [2.75, 3.05) is 26.4 Å². The molecule has 1 amide bonds. The number of rotatable bonds is 4. The molecule has 2 atom stereocenters. The molecule has 2 unspecified atom stereocenters. The third kappa shape index (κ3) is 4.06. The summed E-state index contributed by atoms with van der Waals surface area (Å²) >= 11 is 0. The van der Waals surface area contributed by atoms with Crippen LogP contribution in [0.25, 0.3) is 0 Å². The largest absolute Gasteiger partial charge is 0.481 e. The van der Waals surface area contributed by atoms with Crippen molar-refractivity contribution in [3.63, 3.8) is 0 Å². The van der Waals surface area contributed by atoms with Crippen molar-refractivity contribution in [3.05, 3.63) is 29.3 Å². The Morgan fingerprint density at radius 3 is 2.36 bits per heavy atom. The summed E-state index contributed by atoms with van der Waals surface area (Å²) in [5.74, 6) is 0.460. The van der Waals surface area contributed by atoms with Crippen molar-refractivity contribution >= 4 is 11.7 Å². The summed E-state index contributed by atoms with van der Waals surface area (Å²) in [4.78, 5) is 25.0. The molecule has 0 spiro atoms. The Morgan fingerprint density at radius 2 is 1.68 bits per heavy atom. The number of primary amides is 1. The van der Waals surface area contributed by atoms with E-state index in [1.165, 1.54) is 0 Å². The minimum atomic E-state index is -0.587. The number of ether oxygens (including phenoxy) is 3. The van der Waals surface area contributed by atoms with Crippen molar-refractivity contribution in [2.24, 2.45) is 17.6 Å². The quantitative estimate of drug-likeness (QED) is 0.809. The van der Waals surface area contributed by atoms with Gasteiger partial charge in [-0.1, -0.05) is 6.07 Å². The first-order valence-electron chi connectivity index (χ1n) is 10.2. The lowest BCUT2D eigenvalue weighted by Crippen LogP contribution is -2.53. The fourth-order valence-electron chi connectivity index (χ4n) is 4.45. The van der Waals surface area contributed by atoms with Crippen molar-refractivity contribution in [1.82, 2.24) is 5.32 Å². The molecule has 3 N–H and O–H groups in total. The van der Waals surface area contributed by atoms with Gasteiger partial charge in [-0.3, -0.25) is 9.59 Å².